The summed E-state index contributed by atoms with van der Waals surface area (Å²) >= 11 is 0. The highest BCUT2D eigenvalue weighted by Crippen LogP contribution is 2.22. The number of carbonyl (C=O) groups is 1. The van der Waals surface area contributed by atoms with E-state index in [1.807, 2.05) is 66.7 Å². The summed E-state index contributed by atoms with van der Waals surface area (Å²) in [4.78, 5) is 27.9. The molecule has 29 heavy (non-hydrogen) atoms. The second kappa shape index (κ2) is 7.09. The Morgan fingerprint density at radius 1 is 0.862 bits per heavy atom. The lowest BCUT2D eigenvalue weighted by atomic mass is 10.1. The predicted molar refractivity (Wildman–Crippen MR) is 114 cm³/mol. The lowest BCUT2D eigenvalue weighted by Crippen LogP contribution is -2.11. The first kappa shape index (κ1) is 16.9. The van der Waals surface area contributed by atoms with E-state index in [2.05, 4.69) is 25.3 Å². The van der Waals surface area contributed by atoms with Crippen molar-refractivity contribution in [1.29, 1.82) is 0 Å². The van der Waals surface area contributed by atoms with Crippen LogP contribution in [0.25, 0.3) is 33.8 Å². The van der Waals surface area contributed by atoms with Crippen LogP contribution in [-0.2, 0) is 0 Å². The first-order valence-electron chi connectivity index (χ1n) is 9.23. The molecule has 0 aliphatic carbocycles. The Bertz CT molecular complexity index is 1250. The third-order valence-corrected chi connectivity index (χ3v) is 4.70. The van der Waals surface area contributed by atoms with Gasteiger partial charge in [0.05, 0.1) is 11.0 Å². The zero-order valence-corrected chi connectivity index (χ0v) is 15.4. The molecule has 0 unspecified atom stereocenters. The molecule has 5 aromatic rings. The average molecular weight is 379 g/mol. The van der Waals surface area contributed by atoms with Gasteiger partial charge in [-0.25, -0.2) is 9.97 Å². The van der Waals surface area contributed by atoms with Gasteiger partial charge in [-0.1, -0.05) is 24.3 Å². The number of amides is 1. The van der Waals surface area contributed by atoms with Gasteiger partial charge in [0.25, 0.3) is 5.91 Å². The predicted octanol–water partition coefficient (Wildman–Crippen LogP) is 4.87. The number of aromatic amines is 2. The van der Waals surface area contributed by atoms with Crippen LogP contribution in [-0.4, -0.2) is 25.8 Å². The molecule has 1 amide bonds. The number of para-hydroxylation sites is 2. The largest absolute Gasteiger partial charge is 0.345 e. The molecule has 0 atom stereocenters. The van der Waals surface area contributed by atoms with E-state index >= 15 is 0 Å². The maximum absolute atomic E-state index is 12.7. The van der Waals surface area contributed by atoms with Crippen LogP contribution in [0.4, 0.5) is 5.69 Å². The summed E-state index contributed by atoms with van der Waals surface area (Å²) in [6, 6.07) is 22.8. The highest BCUT2D eigenvalue weighted by atomic mass is 16.1. The van der Waals surface area contributed by atoms with Crippen molar-refractivity contribution in [3.63, 3.8) is 0 Å². The third kappa shape index (κ3) is 3.39. The Labute approximate surface area is 166 Å². The number of rotatable bonds is 4. The van der Waals surface area contributed by atoms with E-state index in [4.69, 9.17) is 0 Å². The molecule has 0 aliphatic rings. The number of fused-ring (bicyclic) bond motifs is 1. The maximum atomic E-state index is 12.7. The molecule has 2 aromatic heterocycles. The standard InChI is InChI=1S/C23H17N5O/c29-23(26-18-10-8-15(9-11-18)21-24-12-13-25-21)17-5-3-4-16(14-17)22-27-19-6-1-2-7-20(19)28-22/h1-14H,(H,24,25)(H,26,29)(H,27,28). The fraction of sp³-hybridized carbons (Fsp3) is 0. The number of nitrogens with one attached hydrogen (secondary N) is 3. The van der Waals surface area contributed by atoms with Crippen molar-refractivity contribution in [1.82, 2.24) is 19.9 Å². The number of imidazole rings is 2. The Kier molecular flexibility index (Phi) is 4.14. The van der Waals surface area contributed by atoms with E-state index in [-0.39, 0.29) is 5.91 Å². The number of carbonyl (C=O) groups excluding carboxylic acids is 1. The molecule has 5 rings (SSSR count). The van der Waals surface area contributed by atoms with Gasteiger partial charge < -0.3 is 15.3 Å². The van der Waals surface area contributed by atoms with Gasteiger partial charge >= 0.3 is 0 Å². The van der Waals surface area contributed by atoms with Crippen molar-refractivity contribution in [3.05, 3.63) is 90.8 Å². The lowest BCUT2D eigenvalue weighted by Gasteiger charge is -2.07. The maximum Gasteiger partial charge on any atom is 0.255 e. The molecule has 0 spiro atoms. The molecule has 6 nitrogen and oxygen atoms in total. The highest BCUT2D eigenvalue weighted by Gasteiger charge is 2.10. The van der Waals surface area contributed by atoms with Crippen LogP contribution in [0.15, 0.2) is 85.2 Å². The molecule has 0 saturated carbocycles. The number of hydrogen-bond donors (Lipinski definition) is 3. The van der Waals surface area contributed by atoms with Crippen LogP contribution in [0.3, 0.4) is 0 Å². The second-order valence-corrected chi connectivity index (χ2v) is 6.65. The zero-order valence-electron chi connectivity index (χ0n) is 15.4. The molecule has 0 aliphatic heterocycles. The summed E-state index contributed by atoms with van der Waals surface area (Å²) in [7, 11) is 0. The van der Waals surface area contributed by atoms with Crippen LogP contribution in [0.5, 0.6) is 0 Å². The number of H-pyrrole nitrogens is 2. The Hall–Kier alpha value is -4.19. The molecule has 0 radical (unpaired) electrons. The second-order valence-electron chi connectivity index (χ2n) is 6.65. The van der Waals surface area contributed by atoms with Crippen molar-refractivity contribution < 1.29 is 4.79 Å². The molecular formula is C23H17N5O. The molecule has 6 heteroatoms. The van der Waals surface area contributed by atoms with Gasteiger partial charge in [0, 0.05) is 34.8 Å². The molecule has 3 N–H and O–H groups in total. The minimum atomic E-state index is -0.172. The molecular weight excluding hydrogens is 362 g/mol. The molecule has 0 bridgehead atoms. The Balaban J connectivity index is 1.37. The minimum absolute atomic E-state index is 0.172. The fourth-order valence-corrected chi connectivity index (χ4v) is 3.24. The third-order valence-electron chi connectivity index (χ3n) is 4.70. The Morgan fingerprint density at radius 3 is 2.52 bits per heavy atom. The van der Waals surface area contributed by atoms with E-state index in [0.717, 1.165) is 39.5 Å². The SMILES string of the molecule is O=C(Nc1ccc(-c2ncc[nH]2)cc1)c1cccc(-c2nc3ccccc3[nH]2)c1. The van der Waals surface area contributed by atoms with Gasteiger partial charge in [0.15, 0.2) is 0 Å². The summed E-state index contributed by atoms with van der Waals surface area (Å²) in [5.41, 5.74) is 4.97. The van der Waals surface area contributed by atoms with E-state index in [1.165, 1.54) is 0 Å². The van der Waals surface area contributed by atoms with Gasteiger partial charge in [-0.3, -0.25) is 4.79 Å². The smallest absolute Gasteiger partial charge is 0.255 e. The van der Waals surface area contributed by atoms with E-state index in [0.29, 0.717) is 5.56 Å². The van der Waals surface area contributed by atoms with Crippen molar-refractivity contribution in [2.45, 2.75) is 0 Å². The van der Waals surface area contributed by atoms with Crippen LogP contribution >= 0.6 is 0 Å². The first-order chi connectivity index (χ1) is 14.3. The number of benzene rings is 3. The molecule has 3 aromatic carbocycles. The molecule has 0 fully saturated rings. The van der Waals surface area contributed by atoms with Gasteiger partial charge in [0.2, 0.25) is 0 Å². The van der Waals surface area contributed by atoms with E-state index in [1.54, 1.807) is 18.5 Å². The number of nitrogens with zero attached hydrogens (tertiary/aromatic N) is 2. The molecule has 0 saturated heterocycles. The van der Waals surface area contributed by atoms with Gasteiger partial charge in [-0.05, 0) is 48.5 Å². The van der Waals surface area contributed by atoms with Gasteiger partial charge in [-0.2, -0.15) is 0 Å². The van der Waals surface area contributed by atoms with Crippen LogP contribution in [0.2, 0.25) is 0 Å². The fourth-order valence-electron chi connectivity index (χ4n) is 3.24. The Morgan fingerprint density at radius 2 is 1.72 bits per heavy atom. The first-order valence-corrected chi connectivity index (χ1v) is 9.23. The van der Waals surface area contributed by atoms with Crippen molar-refractivity contribution in [2.75, 3.05) is 5.32 Å². The summed E-state index contributed by atoms with van der Waals surface area (Å²) in [6.07, 6.45) is 3.49. The van der Waals surface area contributed by atoms with E-state index in [9.17, 15) is 4.79 Å². The van der Waals surface area contributed by atoms with Gasteiger partial charge in [-0.15, -0.1) is 0 Å². The molecule has 2 heterocycles. The highest BCUT2D eigenvalue weighted by molar-refractivity contribution is 6.05. The van der Waals surface area contributed by atoms with Crippen LogP contribution < -0.4 is 5.32 Å². The van der Waals surface area contributed by atoms with Crippen molar-refractivity contribution >= 4 is 22.6 Å². The number of aromatic nitrogens is 4. The minimum Gasteiger partial charge on any atom is -0.345 e. The van der Waals surface area contributed by atoms with Crippen LogP contribution in [0, 0.1) is 0 Å². The summed E-state index contributed by atoms with van der Waals surface area (Å²) < 4.78 is 0. The number of hydrogen-bond acceptors (Lipinski definition) is 3. The summed E-state index contributed by atoms with van der Waals surface area (Å²) in [5, 5.41) is 2.94. The quantitative estimate of drug-likeness (QED) is 0.416. The van der Waals surface area contributed by atoms with Gasteiger partial charge in [0.1, 0.15) is 11.6 Å². The van der Waals surface area contributed by atoms with Crippen LogP contribution in [0.1, 0.15) is 10.4 Å². The van der Waals surface area contributed by atoms with E-state index < -0.39 is 0 Å². The summed E-state index contributed by atoms with van der Waals surface area (Å²) in [5.74, 6) is 1.36. The van der Waals surface area contributed by atoms with Crippen molar-refractivity contribution in [2.24, 2.45) is 0 Å². The monoisotopic (exact) mass is 379 g/mol. The zero-order chi connectivity index (χ0) is 19.6. The average Bonchev–Trinajstić information content (AvgIpc) is 3.44. The molecule has 140 valence electrons. The number of anilines is 1. The summed E-state index contributed by atoms with van der Waals surface area (Å²) in [6.45, 7) is 0. The van der Waals surface area contributed by atoms with Crippen molar-refractivity contribution in [3.8, 4) is 22.8 Å². The normalized spacial score (nSPS) is 10.9. The lowest BCUT2D eigenvalue weighted by molar-refractivity contribution is 0.102. The topological polar surface area (TPSA) is 86.5 Å².